The zero-order valence-corrected chi connectivity index (χ0v) is 20.6. The quantitative estimate of drug-likeness (QED) is 0.530. The lowest BCUT2D eigenvalue weighted by Gasteiger charge is -2.30. The number of ether oxygens (including phenoxy) is 3. The molecule has 6 nitrogen and oxygen atoms in total. The molecule has 0 bridgehead atoms. The van der Waals surface area contributed by atoms with E-state index in [1.165, 1.54) is 0 Å². The SMILES string of the molecule is COc1ccc(CN(CCCN2CCOCC2)C(=S)Nc2ccc(Cl)cc2C)c(OC)c1. The Labute approximate surface area is 201 Å². The van der Waals surface area contributed by atoms with E-state index >= 15 is 0 Å². The van der Waals surface area contributed by atoms with Gasteiger partial charge in [-0.1, -0.05) is 11.6 Å². The van der Waals surface area contributed by atoms with Gasteiger partial charge in [0.2, 0.25) is 0 Å². The van der Waals surface area contributed by atoms with Crippen LogP contribution < -0.4 is 14.8 Å². The highest BCUT2D eigenvalue weighted by atomic mass is 35.5. The van der Waals surface area contributed by atoms with E-state index in [2.05, 4.69) is 15.1 Å². The molecule has 1 aliphatic heterocycles. The van der Waals surface area contributed by atoms with Crippen molar-refractivity contribution < 1.29 is 14.2 Å². The molecule has 3 rings (SSSR count). The number of methoxy groups -OCH3 is 2. The number of nitrogens with zero attached hydrogens (tertiary/aromatic N) is 2. The van der Waals surface area contributed by atoms with Crippen molar-refractivity contribution in [2.75, 3.05) is 58.9 Å². The molecule has 0 aromatic heterocycles. The first-order valence-corrected chi connectivity index (χ1v) is 11.6. The van der Waals surface area contributed by atoms with Crippen LogP contribution in [-0.2, 0) is 11.3 Å². The first kappa shape index (κ1) is 24.6. The van der Waals surface area contributed by atoms with Gasteiger partial charge < -0.3 is 24.4 Å². The average molecular weight is 478 g/mol. The van der Waals surface area contributed by atoms with Crippen LogP contribution in [0.25, 0.3) is 0 Å². The van der Waals surface area contributed by atoms with Crippen molar-refractivity contribution >= 4 is 34.6 Å². The van der Waals surface area contributed by atoms with Crippen molar-refractivity contribution in [2.24, 2.45) is 0 Å². The number of hydrogen-bond acceptors (Lipinski definition) is 5. The summed E-state index contributed by atoms with van der Waals surface area (Å²) in [6.07, 6.45) is 1.000. The molecule has 1 heterocycles. The van der Waals surface area contributed by atoms with E-state index in [-0.39, 0.29) is 0 Å². The van der Waals surface area contributed by atoms with E-state index in [9.17, 15) is 0 Å². The zero-order chi connectivity index (χ0) is 22.9. The minimum absolute atomic E-state index is 0.634. The largest absolute Gasteiger partial charge is 0.497 e. The maximum absolute atomic E-state index is 6.12. The standard InChI is InChI=1S/C24H32ClN3O3S/c1-18-15-20(25)6-8-22(18)26-24(32)28(10-4-9-27-11-13-31-14-12-27)17-19-5-7-21(29-2)16-23(19)30-3/h5-8,15-16H,4,9-14,17H2,1-3H3,(H,26,32). The van der Waals surface area contributed by atoms with Gasteiger partial charge in [0.05, 0.1) is 27.4 Å². The Bertz CT molecular complexity index is 906. The molecule has 1 saturated heterocycles. The number of halogens is 1. The summed E-state index contributed by atoms with van der Waals surface area (Å²) in [6, 6.07) is 11.6. The monoisotopic (exact) mass is 477 g/mol. The molecule has 2 aromatic rings. The number of nitrogens with one attached hydrogen (secondary N) is 1. The Kier molecular flexibility index (Phi) is 9.41. The molecular weight excluding hydrogens is 446 g/mol. The molecule has 32 heavy (non-hydrogen) atoms. The Balaban J connectivity index is 1.72. The molecule has 0 radical (unpaired) electrons. The third-order valence-corrected chi connectivity index (χ3v) is 6.17. The topological polar surface area (TPSA) is 46.2 Å². The van der Waals surface area contributed by atoms with E-state index in [1.54, 1.807) is 14.2 Å². The van der Waals surface area contributed by atoms with Crippen molar-refractivity contribution in [3.63, 3.8) is 0 Å². The van der Waals surface area contributed by atoms with E-state index in [0.29, 0.717) is 16.7 Å². The molecule has 174 valence electrons. The van der Waals surface area contributed by atoms with Crippen molar-refractivity contribution in [2.45, 2.75) is 19.9 Å². The minimum atomic E-state index is 0.634. The second kappa shape index (κ2) is 12.3. The average Bonchev–Trinajstić information content (AvgIpc) is 2.81. The number of rotatable bonds is 9. The number of hydrogen-bond donors (Lipinski definition) is 1. The Morgan fingerprint density at radius 3 is 2.62 bits per heavy atom. The van der Waals surface area contributed by atoms with Gasteiger partial charge in [0, 0.05) is 55.1 Å². The van der Waals surface area contributed by atoms with Crippen molar-refractivity contribution in [3.05, 3.63) is 52.5 Å². The van der Waals surface area contributed by atoms with Crippen LogP contribution in [0.4, 0.5) is 5.69 Å². The second-order valence-corrected chi connectivity index (χ2v) is 8.62. The maximum atomic E-state index is 6.12. The molecule has 1 aliphatic rings. The third-order valence-electron chi connectivity index (χ3n) is 5.58. The van der Waals surface area contributed by atoms with Gasteiger partial charge in [-0.2, -0.15) is 0 Å². The molecule has 1 N–H and O–H groups in total. The fraction of sp³-hybridized carbons (Fsp3) is 0.458. The zero-order valence-electron chi connectivity index (χ0n) is 19.0. The molecule has 1 fully saturated rings. The highest BCUT2D eigenvalue weighted by molar-refractivity contribution is 7.80. The summed E-state index contributed by atoms with van der Waals surface area (Å²) < 4.78 is 16.4. The van der Waals surface area contributed by atoms with Crippen molar-refractivity contribution in [1.29, 1.82) is 0 Å². The molecule has 0 saturated carbocycles. The highest BCUT2D eigenvalue weighted by Gasteiger charge is 2.16. The normalized spacial score (nSPS) is 14.1. The molecule has 0 aliphatic carbocycles. The number of thiocarbonyl (C=S) groups is 1. The van der Waals surface area contributed by atoms with Gasteiger partial charge in [0.15, 0.2) is 5.11 Å². The summed E-state index contributed by atoms with van der Waals surface area (Å²) in [5.74, 6) is 1.55. The predicted octanol–water partition coefficient (Wildman–Crippen LogP) is 4.59. The summed E-state index contributed by atoms with van der Waals surface area (Å²) in [7, 11) is 3.33. The van der Waals surface area contributed by atoms with Crippen molar-refractivity contribution in [1.82, 2.24) is 9.80 Å². The smallest absolute Gasteiger partial charge is 0.173 e. The van der Waals surface area contributed by atoms with Crippen LogP contribution in [0.3, 0.4) is 0 Å². The Hall–Kier alpha value is -2.06. The summed E-state index contributed by atoms with van der Waals surface area (Å²) in [4.78, 5) is 4.63. The van der Waals surface area contributed by atoms with Gasteiger partial charge in [-0.3, -0.25) is 4.90 Å². The van der Waals surface area contributed by atoms with Crippen LogP contribution in [0.1, 0.15) is 17.5 Å². The van der Waals surface area contributed by atoms with Crippen LogP contribution in [0.5, 0.6) is 11.5 Å². The van der Waals surface area contributed by atoms with Crippen LogP contribution in [0.2, 0.25) is 5.02 Å². The van der Waals surface area contributed by atoms with Crippen LogP contribution >= 0.6 is 23.8 Å². The number of aryl methyl sites for hydroxylation is 1. The highest BCUT2D eigenvalue weighted by Crippen LogP contribution is 2.26. The number of morpholine rings is 1. The lowest BCUT2D eigenvalue weighted by atomic mass is 10.1. The van der Waals surface area contributed by atoms with Gasteiger partial charge in [-0.15, -0.1) is 0 Å². The molecular formula is C24H32ClN3O3S. The summed E-state index contributed by atoms with van der Waals surface area (Å²) in [5, 5.41) is 4.79. The van der Waals surface area contributed by atoms with E-state index in [4.69, 9.17) is 38.0 Å². The van der Waals surface area contributed by atoms with E-state index < -0.39 is 0 Å². The predicted molar refractivity (Wildman–Crippen MR) is 134 cm³/mol. The summed E-state index contributed by atoms with van der Waals surface area (Å²) >= 11 is 11.9. The van der Waals surface area contributed by atoms with Crippen LogP contribution in [-0.4, -0.2) is 68.5 Å². The second-order valence-electron chi connectivity index (χ2n) is 7.80. The lowest BCUT2D eigenvalue weighted by molar-refractivity contribution is 0.0367. The minimum Gasteiger partial charge on any atom is -0.497 e. The molecule has 0 amide bonds. The number of anilines is 1. The fourth-order valence-corrected chi connectivity index (χ4v) is 4.20. The Morgan fingerprint density at radius 2 is 1.94 bits per heavy atom. The van der Waals surface area contributed by atoms with Crippen molar-refractivity contribution in [3.8, 4) is 11.5 Å². The van der Waals surface area contributed by atoms with Crippen LogP contribution in [0, 0.1) is 6.92 Å². The van der Waals surface area contributed by atoms with Gasteiger partial charge in [-0.05, 0) is 61.5 Å². The third kappa shape index (κ3) is 6.97. The Morgan fingerprint density at radius 1 is 1.16 bits per heavy atom. The van der Waals surface area contributed by atoms with E-state index in [0.717, 1.165) is 74.1 Å². The summed E-state index contributed by atoms with van der Waals surface area (Å²) in [5.41, 5.74) is 3.06. The summed E-state index contributed by atoms with van der Waals surface area (Å²) in [6.45, 7) is 8.08. The van der Waals surface area contributed by atoms with Gasteiger partial charge in [-0.25, -0.2) is 0 Å². The molecule has 2 aromatic carbocycles. The first-order valence-electron chi connectivity index (χ1n) is 10.8. The maximum Gasteiger partial charge on any atom is 0.173 e. The number of benzene rings is 2. The van der Waals surface area contributed by atoms with Gasteiger partial charge in [0.25, 0.3) is 0 Å². The molecule has 0 atom stereocenters. The fourth-order valence-electron chi connectivity index (χ4n) is 3.71. The molecule has 0 spiro atoms. The lowest BCUT2D eigenvalue weighted by Crippen LogP contribution is -2.40. The van der Waals surface area contributed by atoms with Gasteiger partial charge >= 0.3 is 0 Å². The molecule has 8 heteroatoms. The van der Waals surface area contributed by atoms with Crippen LogP contribution in [0.15, 0.2) is 36.4 Å². The molecule has 0 unspecified atom stereocenters. The first-order chi connectivity index (χ1) is 15.5. The van der Waals surface area contributed by atoms with E-state index in [1.807, 2.05) is 43.3 Å². The van der Waals surface area contributed by atoms with Gasteiger partial charge in [0.1, 0.15) is 11.5 Å².